The molecule has 5 heteroatoms. The van der Waals surface area contributed by atoms with Gasteiger partial charge in [-0.3, -0.25) is 4.79 Å². The monoisotopic (exact) mass is 335 g/mol. The minimum absolute atomic E-state index is 0.108. The average molecular weight is 337 g/mol. The summed E-state index contributed by atoms with van der Waals surface area (Å²) in [6.07, 6.45) is 3.15. The largest absolute Gasteiger partial charge is 0.346 e. The number of benzene rings is 1. The van der Waals surface area contributed by atoms with Crippen LogP contribution in [0.3, 0.4) is 0 Å². The Kier molecular flexibility index (Phi) is 4.01. The SMILES string of the molecule is O=C(NC1(CBr)CCC1)c1cc(Cl)ccc1Cl. The summed E-state index contributed by atoms with van der Waals surface area (Å²) >= 11 is 15.3. The molecule has 1 aromatic rings. The summed E-state index contributed by atoms with van der Waals surface area (Å²) in [5.74, 6) is -0.156. The van der Waals surface area contributed by atoms with Crippen molar-refractivity contribution in [2.45, 2.75) is 24.8 Å². The van der Waals surface area contributed by atoms with Crippen molar-refractivity contribution in [3.05, 3.63) is 33.8 Å². The molecule has 1 saturated carbocycles. The Morgan fingerprint density at radius 2 is 2.12 bits per heavy atom. The molecular weight excluding hydrogens is 325 g/mol. The highest BCUT2D eigenvalue weighted by molar-refractivity contribution is 9.09. The van der Waals surface area contributed by atoms with Gasteiger partial charge in [0.05, 0.1) is 16.1 Å². The first-order chi connectivity index (χ1) is 8.06. The molecule has 2 rings (SSSR count). The minimum atomic E-state index is -0.156. The first-order valence-corrected chi connectivity index (χ1v) is 7.28. The van der Waals surface area contributed by atoms with Crippen molar-refractivity contribution in [2.75, 3.05) is 5.33 Å². The molecular formula is C12H12BrCl2NO. The fourth-order valence-electron chi connectivity index (χ4n) is 1.88. The summed E-state index contributed by atoms with van der Waals surface area (Å²) in [5, 5.41) is 4.74. The van der Waals surface area contributed by atoms with Gasteiger partial charge in [-0.25, -0.2) is 0 Å². The predicted octanol–water partition coefficient (Wildman–Crippen LogP) is 4.04. The summed E-state index contributed by atoms with van der Waals surface area (Å²) in [6, 6.07) is 4.91. The van der Waals surface area contributed by atoms with Gasteiger partial charge in [-0.15, -0.1) is 0 Å². The van der Waals surface area contributed by atoms with Crippen LogP contribution >= 0.6 is 39.1 Å². The van der Waals surface area contributed by atoms with Gasteiger partial charge in [-0.1, -0.05) is 39.1 Å². The van der Waals surface area contributed by atoms with E-state index in [0.717, 1.165) is 24.6 Å². The van der Waals surface area contributed by atoms with E-state index < -0.39 is 0 Å². The molecule has 0 unspecified atom stereocenters. The summed E-state index contributed by atoms with van der Waals surface area (Å²) in [4.78, 5) is 12.1. The van der Waals surface area contributed by atoms with Crippen molar-refractivity contribution < 1.29 is 4.79 Å². The van der Waals surface area contributed by atoms with Crippen molar-refractivity contribution in [3.63, 3.8) is 0 Å². The van der Waals surface area contributed by atoms with E-state index in [0.29, 0.717) is 15.6 Å². The van der Waals surface area contributed by atoms with Crippen molar-refractivity contribution in [3.8, 4) is 0 Å². The Labute approximate surface area is 119 Å². The van der Waals surface area contributed by atoms with Crippen LogP contribution < -0.4 is 5.32 Å². The van der Waals surface area contributed by atoms with Crippen LogP contribution in [0.2, 0.25) is 10.0 Å². The third-order valence-corrected chi connectivity index (χ3v) is 4.76. The Morgan fingerprint density at radius 3 is 2.65 bits per heavy atom. The molecule has 0 heterocycles. The maximum atomic E-state index is 12.1. The number of amides is 1. The highest BCUT2D eigenvalue weighted by atomic mass is 79.9. The van der Waals surface area contributed by atoms with Crippen molar-refractivity contribution in [1.82, 2.24) is 5.32 Å². The van der Waals surface area contributed by atoms with E-state index in [1.54, 1.807) is 18.2 Å². The lowest BCUT2D eigenvalue weighted by Crippen LogP contribution is -2.54. The van der Waals surface area contributed by atoms with E-state index in [4.69, 9.17) is 23.2 Å². The van der Waals surface area contributed by atoms with Gasteiger partial charge < -0.3 is 5.32 Å². The summed E-state index contributed by atoms with van der Waals surface area (Å²) < 4.78 is 0. The third kappa shape index (κ3) is 2.78. The van der Waals surface area contributed by atoms with Gasteiger partial charge >= 0.3 is 0 Å². The second-order valence-corrected chi connectivity index (χ2v) is 5.75. The molecule has 1 aliphatic rings. The summed E-state index contributed by atoms with van der Waals surface area (Å²) in [5.41, 5.74) is 0.328. The lowest BCUT2D eigenvalue weighted by Gasteiger charge is -2.41. The van der Waals surface area contributed by atoms with Crippen LogP contribution in [0.4, 0.5) is 0 Å². The second kappa shape index (κ2) is 5.17. The zero-order valence-electron chi connectivity index (χ0n) is 9.10. The second-order valence-electron chi connectivity index (χ2n) is 4.35. The Bertz CT molecular complexity index is 441. The fourth-order valence-corrected chi connectivity index (χ4v) is 2.95. The Morgan fingerprint density at radius 1 is 1.41 bits per heavy atom. The maximum absolute atomic E-state index is 12.1. The van der Waals surface area contributed by atoms with E-state index >= 15 is 0 Å². The van der Waals surface area contributed by atoms with E-state index in [-0.39, 0.29) is 11.4 Å². The number of rotatable bonds is 3. The van der Waals surface area contributed by atoms with Crippen LogP contribution in [0.1, 0.15) is 29.6 Å². The molecule has 1 fully saturated rings. The zero-order valence-corrected chi connectivity index (χ0v) is 12.2. The van der Waals surface area contributed by atoms with Gasteiger partial charge in [0.1, 0.15) is 0 Å². The summed E-state index contributed by atoms with van der Waals surface area (Å²) in [7, 11) is 0. The molecule has 1 N–H and O–H groups in total. The molecule has 0 bridgehead atoms. The van der Waals surface area contributed by atoms with Crippen LogP contribution in [0.25, 0.3) is 0 Å². The van der Waals surface area contributed by atoms with Gasteiger partial charge in [0.25, 0.3) is 5.91 Å². The smallest absolute Gasteiger partial charge is 0.253 e. The average Bonchev–Trinajstić information content (AvgIpc) is 2.26. The molecule has 92 valence electrons. The summed E-state index contributed by atoms with van der Waals surface area (Å²) in [6.45, 7) is 0. The third-order valence-electron chi connectivity index (χ3n) is 3.12. The number of hydrogen-bond acceptors (Lipinski definition) is 1. The van der Waals surface area contributed by atoms with Gasteiger partial charge in [-0.2, -0.15) is 0 Å². The number of nitrogens with one attached hydrogen (secondary N) is 1. The van der Waals surface area contributed by atoms with Crippen LogP contribution in [-0.4, -0.2) is 16.8 Å². The number of hydrogen-bond donors (Lipinski definition) is 1. The van der Waals surface area contributed by atoms with Gasteiger partial charge in [-0.05, 0) is 37.5 Å². The van der Waals surface area contributed by atoms with Gasteiger partial charge in [0.15, 0.2) is 0 Å². The predicted molar refractivity (Wildman–Crippen MR) is 74.3 cm³/mol. The Balaban J connectivity index is 2.17. The zero-order chi connectivity index (χ0) is 12.5. The maximum Gasteiger partial charge on any atom is 0.253 e. The standard InChI is InChI=1S/C12H12BrCl2NO/c13-7-12(4-1-5-12)16-11(17)9-6-8(14)2-3-10(9)15/h2-3,6H,1,4-5,7H2,(H,16,17). The molecule has 2 nitrogen and oxygen atoms in total. The van der Waals surface area contributed by atoms with E-state index in [2.05, 4.69) is 21.2 Å². The molecule has 17 heavy (non-hydrogen) atoms. The minimum Gasteiger partial charge on any atom is -0.346 e. The molecule has 0 saturated heterocycles. The normalized spacial score (nSPS) is 17.4. The first-order valence-electron chi connectivity index (χ1n) is 5.40. The number of carbonyl (C=O) groups excluding carboxylic acids is 1. The Hall–Kier alpha value is -0.250. The lowest BCUT2D eigenvalue weighted by atomic mass is 9.78. The fraction of sp³-hybridized carbons (Fsp3) is 0.417. The van der Waals surface area contributed by atoms with E-state index in [1.807, 2.05) is 0 Å². The lowest BCUT2D eigenvalue weighted by molar-refractivity contribution is 0.0856. The molecule has 1 amide bonds. The molecule has 0 aliphatic heterocycles. The highest BCUT2D eigenvalue weighted by Gasteiger charge is 2.37. The number of halogens is 3. The first kappa shape index (κ1) is 13.2. The highest BCUT2D eigenvalue weighted by Crippen LogP contribution is 2.34. The molecule has 0 radical (unpaired) electrons. The van der Waals surface area contributed by atoms with Crippen LogP contribution in [0.5, 0.6) is 0 Å². The molecule has 0 atom stereocenters. The van der Waals surface area contributed by atoms with Gasteiger partial charge in [0, 0.05) is 10.4 Å². The van der Waals surface area contributed by atoms with Gasteiger partial charge in [0.2, 0.25) is 0 Å². The quantitative estimate of drug-likeness (QED) is 0.829. The van der Waals surface area contributed by atoms with Crippen molar-refractivity contribution >= 4 is 45.0 Å². The van der Waals surface area contributed by atoms with Crippen molar-refractivity contribution in [1.29, 1.82) is 0 Å². The van der Waals surface area contributed by atoms with E-state index in [9.17, 15) is 4.79 Å². The van der Waals surface area contributed by atoms with Crippen molar-refractivity contribution in [2.24, 2.45) is 0 Å². The molecule has 0 aromatic heterocycles. The molecule has 0 spiro atoms. The molecule has 1 aliphatic carbocycles. The number of alkyl halides is 1. The van der Waals surface area contributed by atoms with Crippen LogP contribution in [0, 0.1) is 0 Å². The van der Waals surface area contributed by atoms with Crippen LogP contribution in [0.15, 0.2) is 18.2 Å². The van der Waals surface area contributed by atoms with E-state index in [1.165, 1.54) is 0 Å². The topological polar surface area (TPSA) is 29.1 Å². The molecule has 1 aromatic carbocycles. The number of carbonyl (C=O) groups is 1. The van der Waals surface area contributed by atoms with Crippen LogP contribution in [-0.2, 0) is 0 Å².